The molecule has 2 saturated heterocycles. The number of hydrogen-bond donors (Lipinski definition) is 2. The predicted octanol–water partition coefficient (Wildman–Crippen LogP) is 2.46. The fourth-order valence-corrected chi connectivity index (χ4v) is 3.62. The molecule has 0 amide bonds. The van der Waals surface area contributed by atoms with Gasteiger partial charge in [0.05, 0.1) is 24.9 Å². The minimum Gasteiger partial charge on any atom is -0.493 e. The van der Waals surface area contributed by atoms with E-state index in [1.165, 1.54) is 24.8 Å². The zero-order chi connectivity index (χ0) is 16.4. The molecule has 0 spiro atoms. The number of ether oxygens (including phenoxy) is 2. The maximum atomic E-state index is 5.98. The standard InChI is InChI=1S/C19H27N3O2/c1-20-19(22-16-10-15-8-9-18(16)24-15)21-11-14-4-2-3-5-17(14)23-12-13-6-7-13/h2-5,13,15-16,18H,6-12H2,1H3,(H2,20,21,22). The minimum absolute atomic E-state index is 0.350. The van der Waals surface area contributed by atoms with E-state index in [-0.39, 0.29) is 0 Å². The lowest BCUT2D eigenvalue weighted by Gasteiger charge is -2.23. The van der Waals surface area contributed by atoms with E-state index in [1.807, 2.05) is 13.1 Å². The molecule has 2 N–H and O–H groups in total. The summed E-state index contributed by atoms with van der Waals surface area (Å²) in [6, 6.07) is 8.64. The van der Waals surface area contributed by atoms with E-state index in [4.69, 9.17) is 9.47 Å². The second-order valence-electron chi connectivity index (χ2n) is 7.15. The molecule has 1 aliphatic carbocycles. The normalized spacial score (nSPS) is 28.9. The molecule has 2 bridgehead atoms. The van der Waals surface area contributed by atoms with Gasteiger partial charge in [-0.2, -0.15) is 0 Å². The maximum Gasteiger partial charge on any atom is 0.191 e. The van der Waals surface area contributed by atoms with Crippen LogP contribution in [-0.4, -0.2) is 37.9 Å². The quantitative estimate of drug-likeness (QED) is 0.622. The molecule has 130 valence electrons. The molecular weight excluding hydrogens is 302 g/mol. The Kier molecular flexibility index (Phi) is 4.60. The Balaban J connectivity index is 1.31. The van der Waals surface area contributed by atoms with E-state index < -0.39 is 0 Å². The first-order chi connectivity index (χ1) is 11.8. The number of guanidine groups is 1. The molecule has 3 atom stereocenters. The Hall–Kier alpha value is -1.75. The van der Waals surface area contributed by atoms with Gasteiger partial charge in [-0.15, -0.1) is 0 Å². The molecule has 2 heterocycles. The van der Waals surface area contributed by atoms with E-state index in [0.717, 1.165) is 37.1 Å². The molecule has 4 rings (SSSR count). The highest BCUT2D eigenvalue weighted by atomic mass is 16.5. The van der Waals surface area contributed by atoms with E-state index in [1.54, 1.807) is 0 Å². The lowest BCUT2D eigenvalue weighted by Crippen LogP contribution is -2.47. The van der Waals surface area contributed by atoms with Crippen LogP contribution in [0.15, 0.2) is 29.3 Å². The van der Waals surface area contributed by atoms with Gasteiger partial charge in [0.25, 0.3) is 0 Å². The third kappa shape index (κ3) is 3.66. The van der Waals surface area contributed by atoms with Crippen molar-refractivity contribution in [1.29, 1.82) is 0 Å². The fraction of sp³-hybridized carbons (Fsp3) is 0.632. The molecule has 5 heteroatoms. The van der Waals surface area contributed by atoms with Crippen molar-refractivity contribution in [3.8, 4) is 5.75 Å². The Morgan fingerprint density at radius 1 is 1.25 bits per heavy atom. The summed E-state index contributed by atoms with van der Waals surface area (Å²) >= 11 is 0. The lowest BCUT2D eigenvalue weighted by atomic mass is 9.96. The highest BCUT2D eigenvalue weighted by Crippen LogP contribution is 2.34. The van der Waals surface area contributed by atoms with Crippen molar-refractivity contribution in [2.24, 2.45) is 10.9 Å². The van der Waals surface area contributed by atoms with Crippen molar-refractivity contribution in [3.05, 3.63) is 29.8 Å². The summed E-state index contributed by atoms with van der Waals surface area (Å²) in [5, 5.41) is 6.94. The second kappa shape index (κ2) is 7.01. The van der Waals surface area contributed by atoms with Crippen LogP contribution < -0.4 is 15.4 Å². The molecular formula is C19H27N3O2. The van der Waals surface area contributed by atoms with E-state index in [0.29, 0.717) is 24.8 Å². The fourth-order valence-electron chi connectivity index (χ4n) is 3.62. The van der Waals surface area contributed by atoms with Crippen LogP contribution in [0.4, 0.5) is 0 Å². The number of rotatable bonds is 6. The first kappa shape index (κ1) is 15.8. The summed E-state index contributed by atoms with van der Waals surface area (Å²) < 4.78 is 11.9. The zero-order valence-electron chi connectivity index (χ0n) is 14.3. The van der Waals surface area contributed by atoms with Crippen molar-refractivity contribution in [1.82, 2.24) is 10.6 Å². The number of fused-ring (bicyclic) bond motifs is 2. The van der Waals surface area contributed by atoms with Crippen LogP contribution in [0.5, 0.6) is 5.75 Å². The van der Waals surface area contributed by atoms with E-state index in [2.05, 4.69) is 33.8 Å². The number of hydrogen-bond acceptors (Lipinski definition) is 3. The predicted molar refractivity (Wildman–Crippen MR) is 94.3 cm³/mol. The van der Waals surface area contributed by atoms with Gasteiger partial charge in [0.2, 0.25) is 0 Å². The van der Waals surface area contributed by atoms with Gasteiger partial charge in [-0.25, -0.2) is 0 Å². The molecule has 2 aliphatic heterocycles. The highest BCUT2D eigenvalue weighted by molar-refractivity contribution is 5.80. The van der Waals surface area contributed by atoms with Gasteiger partial charge in [-0.1, -0.05) is 18.2 Å². The van der Waals surface area contributed by atoms with Gasteiger partial charge in [0.1, 0.15) is 5.75 Å². The average molecular weight is 329 g/mol. The molecule has 24 heavy (non-hydrogen) atoms. The number of nitrogens with one attached hydrogen (secondary N) is 2. The van der Waals surface area contributed by atoms with Crippen LogP contribution in [0.2, 0.25) is 0 Å². The van der Waals surface area contributed by atoms with Gasteiger partial charge in [0, 0.05) is 19.2 Å². The Morgan fingerprint density at radius 3 is 2.83 bits per heavy atom. The topological polar surface area (TPSA) is 54.9 Å². The number of benzene rings is 1. The monoisotopic (exact) mass is 329 g/mol. The van der Waals surface area contributed by atoms with Crippen LogP contribution in [0.3, 0.4) is 0 Å². The van der Waals surface area contributed by atoms with Crippen LogP contribution >= 0.6 is 0 Å². The van der Waals surface area contributed by atoms with Crippen molar-refractivity contribution >= 4 is 5.96 Å². The first-order valence-corrected chi connectivity index (χ1v) is 9.15. The number of para-hydroxylation sites is 1. The number of aliphatic imine (C=N–C) groups is 1. The van der Waals surface area contributed by atoms with Crippen LogP contribution in [0.1, 0.15) is 37.7 Å². The summed E-state index contributed by atoms with van der Waals surface area (Å²) in [5.74, 6) is 2.59. The SMILES string of the molecule is CN=C(NCc1ccccc1OCC1CC1)NC1CC2CCC1O2. The molecule has 3 unspecified atom stereocenters. The van der Waals surface area contributed by atoms with Crippen molar-refractivity contribution < 1.29 is 9.47 Å². The highest BCUT2D eigenvalue weighted by Gasteiger charge is 2.41. The summed E-state index contributed by atoms with van der Waals surface area (Å²) in [6.45, 7) is 1.55. The largest absolute Gasteiger partial charge is 0.493 e. The van der Waals surface area contributed by atoms with Crippen molar-refractivity contribution in [2.45, 2.75) is 56.9 Å². The molecule has 5 nitrogen and oxygen atoms in total. The Bertz CT molecular complexity index is 600. The van der Waals surface area contributed by atoms with Crippen molar-refractivity contribution in [2.75, 3.05) is 13.7 Å². The summed E-state index contributed by atoms with van der Waals surface area (Å²) in [7, 11) is 1.82. The Morgan fingerprint density at radius 2 is 2.12 bits per heavy atom. The van der Waals surface area contributed by atoms with Gasteiger partial charge in [0.15, 0.2) is 5.96 Å². The molecule has 1 saturated carbocycles. The van der Waals surface area contributed by atoms with Gasteiger partial charge >= 0.3 is 0 Å². The molecule has 0 radical (unpaired) electrons. The third-order valence-electron chi connectivity index (χ3n) is 5.24. The van der Waals surface area contributed by atoms with E-state index in [9.17, 15) is 0 Å². The van der Waals surface area contributed by atoms with Gasteiger partial charge in [-0.3, -0.25) is 4.99 Å². The molecule has 1 aromatic carbocycles. The zero-order valence-corrected chi connectivity index (χ0v) is 14.3. The second-order valence-corrected chi connectivity index (χ2v) is 7.15. The average Bonchev–Trinajstić information content (AvgIpc) is 3.22. The summed E-state index contributed by atoms with van der Waals surface area (Å²) in [4.78, 5) is 4.36. The smallest absolute Gasteiger partial charge is 0.191 e. The number of nitrogens with zero attached hydrogens (tertiary/aromatic N) is 1. The lowest BCUT2D eigenvalue weighted by molar-refractivity contribution is 0.0992. The van der Waals surface area contributed by atoms with Crippen LogP contribution in [0.25, 0.3) is 0 Å². The van der Waals surface area contributed by atoms with Gasteiger partial charge in [-0.05, 0) is 44.1 Å². The third-order valence-corrected chi connectivity index (χ3v) is 5.24. The molecule has 3 aliphatic rings. The Labute approximate surface area is 143 Å². The van der Waals surface area contributed by atoms with Crippen LogP contribution in [0, 0.1) is 5.92 Å². The first-order valence-electron chi connectivity index (χ1n) is 9.15. The molecule has 1 aromatic rings. The van der Waals surface area contributed by atoms with Crippen LogP contribution in [-0.2, 0) is 11.3 Å². The van der Waals surface area contributed by atoms with Crippen molar-refractivity contribution in [3.63, 3.8) is 0 Å². The minimum atomic E-state index is 0.350. The van der Waals surface area contributed by atoms with Gasteiger partial charge < -0.3 is 20.1 Å². The summed E-state index contributed by atoms with van der Waals surface area (Å²) in [6.07, 6.45) is 6.87. The van der Waals surface area contributed by atoms with E-state index >= 15 is 0 Å². The maximum absolute atomic E-state index is 5.98. The summed E-state index contributed by atoms with van der Waals surface area (Å²) in [5.41, 5.74) is 1.17. The molecule has 0 aromatic heterocycles. The molecule has 3 fully saturated rings.